The van der Waals surface area contributed by atoms with Crippen LogP contribution < -0.4 is 19.5 Å². The van der Waals surface area contributed by atoms with Crippen LogP contribution in [-0.4, -0.2) is 164 Å². The van der Waals surface area contributed by atoms with E-state index in [-0.39, 0.29) is 89.1 Å². The molecule has 0 heterocycles. The fraction of sp³-hybridized carbons (Fsp3) is 0.771. The van der Waals surface area contributed by atoms with Crippen molar-refractivity contribution in [2.75, 3.05) is 152 Å². The average Bonchev–Trinajstić information content (AvgIpc) is 3.19. The smallest absolute Gasteiger partial charge is 0.293 e. The second-order valence-corrected chi connectivity index (χ2v) is 11.6. The maximum atomic E-state index is 13.2. The van der Waals surface area contributed by atoms with Crippen LogP contribution in [0.5, 0.6) is 17.2 Å². The number of hydrogen-bond acceptors (Lipinski definition) is 16. The van der Waals surface area contributed by atoms with Crippen molar-refractivity contribution < 1.29 is 66.4 Å². The Morgan fingerprint density at radius 2 is 0.982 bits per heavy atom. The summed E-state index contributed by atoms with van der Waals surface area (Å²) in [6, 6.07) is 3.20. The Morgan fingerprint density at radius 3 is 1.38 bits per heavy atom. The summed E-state index contributed by atoms with van der Waals surface area (Å²) in [7, 11) is 0. The summed E-state index contributed by atoms with van der Waals surface area (Å²) in [5, 5.41) is 9.74. The first kappa shape index (κ1) is 49.9. The van der Waals surface area contributed by atoms with E-state index in [4.69, 9.17) is 63.2 Å². The van der Waals surface area contributed by atoms with Crippen molar-refractivity contribution in [3.05, 3.63) is 38.6 Å². The molecule has 0 unspecified atom stereocenters. The highest BCUT2D eigenvalue weighted by molar-refractivity contribution is 5.95. The lowest BCUT2D eigenvalue weighted by Gasteiger charge is -2.19. The quantitative estimate of drug-likeness (QED) is 0.0327. The number of azide groups is 2. The zero-order valence-corrected chi connectivity index (χ0v) is 32.7. The molecular formula is C35H59N7O14. The average molecular weight is 802 g/mol. The molecule has 1 N–H and O–H groups in total. The predicted molar refractivity (Wildman–Crippen MR) is 201 cm³/mol. The Bertz CT molecular complexity index is 1170. The fourth-order valence-corrected chi connectivity index (χ4v) is 4.13. The molecule has 0 aliphatic heterocycles. The van der Waals surface area contributed by atoms with E-state index in [1.54, 1.807) is 12.1 Å². The van der Waals surface area contributed by atoms with E-state index in [9.17, 15) is 9.59 Å². The molecule has 1 aromatic rings. The van der Waals surface area contributed by atoms with Crippen molar-refractivity contribution in [2.45, 2.75) is 20.3 Å². The second-order valence-electron chi connectivity index (χ2n) is 11.6. The summed E-state index contributed by atoms with van der Waals surface area (Å²) >= 11 is 0. The molecule has 0 radical (unpaired) electrons. The lowest BCUT2D eigenvalue weighted by molar-refractivity contribution is -0.130. The Hall–Kier alpha value is -4.14. The van der Waals surface area contributed by atoms with Gasteiger partial charge in [0.25, 0.3) is 12.4 Å². The summed E-state index contributed by atoms with van der Waals surface area (Å²) in [5.41, 5.74) is 16.9. The number of carbonyl (C=O) groups excluding carboxylic acids is 2. The molecule has 0 saturated heterocycles. The van der Waals surface area contributed by atoms with Gasteiger partial charge in [-0.25, -0.2) is 0 Å². The lowest BCUT2D eigenvalue weighted by atomic mass is 10.1. The normalized spacial score (nSPS) is 10.8. The highest BCUT2D eigenvalue weighted by Gasteiger charge is 2.19. The molecule has 1 rings (SSSR count). The third-order valence-corrected chi connectivity index (χ3v) is 6.81. The molecule has 318 valence electrons. The van der Waals surface area contributed by atoms with Crippen LogP contribution in [0.3, 0.4) is 0 Å². The number of hydrogen-bond donors (Lipinski definition) is 1. The van der Waals surface area contributed by atoms with Gasteiger partial charge in [-0.05, 0) is 35.5 Å². The lowest BCUT2D eigenvalue weighted by Crippen LogP contribution is -2.25. The van der Waals surface area contributed by atoms with Crippen molar-refractivity contribution in [3.8, 4) is 17.2 Å². The molecule has 0 fully saturated rings. The molecule has 1 aromatic carbocycles. The van der Waals surface area contributed by atoms with Gasteiger partial charge in [-0.1, -0.05) is 24.1 Å². The molecule has 21 nitrogen and oxygen atoms in total. The van der Waals surface area contributed by atoms with Gasteiger partial charge in [0.05, 0.1) is 106 Å². The summed E-state index contributed by atoms with van der Waals surface area (Å²) < 4.78 is 66.7. The van der Waals surface area contributed by atoms with E-state index < -0.39 is 0 Å². The van der Waals surface area contributed by atoms with Gasteiger partial charge < -0.3 is 62.2 Å². The molecule has 0 saturated carbocycles. The van der Waals surface area contributed by atoms with Gasteiger partial charge >= 0.3 is 0 Å². The van der Waals surface area contributed by atoms with Crippen molar-refractivity contribution in [1.29, 1.82) is 0 Å². The van der Waals surface area contributed by atoms with Crippen LogP contribution >= 0.6 is 0 Å². The molecule has 0 aliphatic rings. The van der Waals surface area contributed by atoms with Gasteiger partial charge in [0, 0.05) is 35.0 Å². The number of nitrogens with zero attached hydrogens (tertiary/aromatic N) is 6. The van der Waals surface area contributed by atoms with Gasteiger partial charge in [0.2, 0.25) is 5.75 Å². The third-order valence-electron chi connectivity index (χ3n) is 6.81. The van der Waals surface area contributed by atoms with Crippen molar-refractivity contribution >= 4 is 12.4 Å². The standard InChI is InChI=1S/C35H59N7O14/c1-30(2)3-4-38-35(44)31-27-32(54-24-21-50-16-13-47-11-9-45-7-5-39-41-36)34(56-26-23-52-18-15-49-19-20-53-29-43)33(28-31)55-25-22-51-17-14-48-12-10-46-8-6-40-42-37/h27-30H,3-26H2,1-2H3,(H,38,44). The Morgan fingerprint density at radius 1 is 0.607 bits per heavy atom. The second kappa shape index (κ2) is 37.8. The monoisotopic (exact) mass is 801 g/mol. The van der Waals surface area contributed by atoms with E-state index >= 15 is 0 Å². The Kier molecular flexibility index (Phi) is 33.6. The zero-order chi connectivity index (χ0) is 40.6. The molecule has 56 heavy (non-hydrogen) atoms. The highest BCUT2D eigenvalue weighted by atomic mass is 16.6. The highest BCUT2D eigenvalue weighted by Crippen LogP contribution is 2.39. The summed E-state index contributed by atoms with van der Waals surface area (Å²) in [6.07, 6.45) is 0.814. The molecule has 0 atom stereocenters. The van der Waals surface area contributed by atoms with Gasteiger partial charge in [-0.2, -0.15) is 0 Å². The number of ether oxygens (including phenoxy) is 12. The van der Waals surface area contributed by atoms with Gasteiger partial charge in [0.1, 0.15) is 26.4 Å². The van der Waals surface area contributed by atoms with Crippen LogP contribution in [0.15, 0.2) is 22.4 Å². The summed E-state index contributed by atoms with van der Waals surface area (Å²) in [4.78, 5) is 28.8. The summed E-state index contributed by atoms with van der Waals surface area (Å²) in [6.45, 7) is 11.1. The van der Waals surface area contributed by atoms with Crippen molar-refractivity contribution in [1.82, 2.24) is 5.32 Å². The molecule has 21 heteroatoms. The maximum absolute atomic E-state index is 13.2. The van der Waals surface area contributed by atoms with Crippen LogP contribution in [0.2, 0.25) is 0 Å². The third kappa shape index (κ3) is 29.2. The number of amides is 1. The predicted octanol–water partition coefficient (Wildman–Crippen LogP) is 3.53. The van der Waals surface area contributed by atoms with Crippen molar-refractivity contribution in [2.24, 2.45) is 16.1 Å². The molecule has 0 bridgehead atoms. The molecule has 0 aliphatic carbocycles. The van der Waals surface area contributed by atoms with Crippen LogP contribution in [0, 0.1) is 5.92 Å². The minimum absolute atomic E-state index is 0.132. The molecular weight excluding hydrogens is 742 g/mol. The van der Waals surface area contributed by atoms with Gasteiger partial charge in [0.15, 0.2) is 11.5 Å². The zero-order valence-electron chi connectivity index (χ0n) is 32.7. The maximum Gasteiger partial charge on any atom is 0.293 e. The minimum atomic E-state index is -0.292. The Balaban J connectivity index is 2.81. The number of nitrogens with one attached hydrogen (secondary N) is 1. The summed E-state index contributed by atoms with van der Waals surface area (Å²) in [5.74, 6) is 0.964. The van der Waals surface area contributed by atoms with Gasteiger partial charge in [-0.15, -0.1) is 0 Å². The van der Waals surface area contributed by atoms with E-state index in [0.717, 1.165) is 6.42 Å². The number of carbonyl (C=O) groups is 2. The van der Waals surface area contributed by atoms with Crippen LogP contribution in [0.25, 0.3) is 20.9 Å². The Labute approximate surface area is 328 Å². The number of rotatable bonds is 41. The largest absolute Gasteiger partial charge is 0.487 e. The van der Waals surface area contributed by atoms with Crippen molar-refractivity contribution in [3.63, 3.8) is 0 Å². The number of benzene rings is 1. The first-order valence-electron chi connectivity index (χ1n) is 18.6. The molecule has 0 aromatic heterocycles. The van der Waals surface area contributed by atoms with E-state index in [0.29, 0.717) is 104 Å². The first-order chi connectivity index (χ1) is 27.5. The van der Waals surface area contributed by atoms with Crippen LogP contribution in [-0.2, 0) is 47.4 Å². The molecule has 1 amide bonds. The van der Waals surface area contributed by atoms with E-state index in [1.807, 2.05) is 0 Å². The van der Waals surface area contributed by atoms with E-state index in [1.165, 1.54) is 0 Å². The van der Waals surface area contributed by atoms with E-state index in [2.05, 4.69) is 44.0 Å². The molecule has 0 spiro atoms. The minimum Gasteiger partial charge on any atom is -0.487 e. The van der Waals surface area contributed by atoms with Gasteiger partial charge in [-0.3, -0.25) is 9.59 Å². The fourth-order valence-electron chi connectivity index (χ4n) is 4.13. The SMILES string of the molecule is CC(C)CCNC(=O)c1cc(OCCOCCOCCOCCN=[N+]=[N-])c(OCCOCCOCCOC=O)c(OCCOCCOCCOCCN=[N+]=[N-])c1. The topological polar surface area (TPSA) is 254 Å². The first-order valence-corrected chi connectivity index (χ1v) is 18.6. The van der Waals surface area contributed by atoms with Crippen LogP contribution in [0.1, 0.15) is 30.6 Å². The van der Waals surface area contributed by atoms with Crippen LogP contribution in [0.4, 0.5) is 0 Å².